The highest BCUT2D eigenvalue weighted by Crippen LogP contribution is 2.31. The number of nitrogens with zero attached hydrogens (tertiary/aromatic N) is 6. The van der Waals surface area contributed by atoms with Crippen molar-refractivity contribution in [3.05, 3.63) is 65.7 Å². The average molecular weight is 462 g/mol. The van der Waals surface area contributed by atoms with Gasteiger partial charge in [-0.2, -0.15) is 5.10 Å². The number of ether oxygens (including phenoxy) is 2. The number of H-pyrrole nitrogens is 1. The molecule has 4 rings (SSSR count). The normalized spacial score (nSPS) is 11.8. The molecule has 0 saturated heterocycles. The van der Waals surface area contributed by atoms with Crippen molar-refractivity contribution in [1.29, 1.82) is 0 Å². The van der Waals surface area contributed by atoms with Crippen molar-refractivity contribution < 1.29 is 9.47 Å². The minimum absolute atomic E-state index is 0.567. The molecule has 9 nitrogen and oxygen atoms in total. The molecular formula is C25H31N7O2. The minimum atomic E-state index is -0.935. The van der Waals surface area contributed by atoms with Crippen molar-refractivity contribution >= 4 is 0 Å². The molecule has 34 heavy (non-hydrogen) atoms. The van der Waals surface area contributed by atoms with Crippen LogP contribution >= 0.6 is 0 Å². The van der Waals surface area contributed by atoms with E-state index in [9.17, 15) is 0 Å². The lowest BCUT2D eigenvalue weighted by atomic mass is 9.98. The summed E-state index contributed by atoms with van der Waals surface area (Å²) in [5.74, 6) is 1.18. The van der Waals surface area contributed by atoms with E-state index in [1.807, 2.05) is 29.8 Å². The van der Waals surface area contributed by atoms with E-state index < -0.39 is 5.79 Å². The molecule has 0 fully saturated rings. The molecule has 2 aromatic heterocycles. The van der Waals surface area contributed by atoms with Gasteiger partial charge in [0.2, 0.25) is 11.6 Å². The zero-order valence-electron chi connectivity index (χ0n) is 20.2. The lowest BCUT2D eigenvalue weighted by molar-refractivity contribution is -0.222. The largest absolute Gasteiger partial charge is 0.347 e. The molecule has 4 aromatic rings. The number of nitrogens with one attached hydrogen (secondary N) is 1. The summed E-state index contributed by atoms with van der Waals surface area (Å²) >= 11 is 0. The van der Waals surface area contributed by atoms with Gasteiger partial charge in [0, 0.05) is 39.2 Å². The molecule has 0 bridgehead atoms. The Kier molecular flexibility index (Phi) is 7.44. The minimum Gasteiger partial charge on any atom is -0.347 e. The Labute approximate surface area is 199 Å². The molecule has 0 radical (unpaired) electrons. The van der Waals surface area contributed by atoms with Gasteiger partial charge >= 0.3 is 0 Å². The molecule has 0 saturated carbocycles. The molecule has 1 N–H and O–H groups in total. The summed E-state index contributed by atoms with van der Waals surface area (Å²) in [6.45, 7) is 4.98. The predicted octanol–water partition coefficient (Wildman–Crippen LogP) is 4.37. The molecule has 2 aromatic carbocycles. The second kappa shape index (κ2) is 10.7. The smallest absolute Gasteiger partial charge is 0.231 e. The number of rotatable bonds is 11. The van der Waals surface area contributed by atoms with Gasteiger partial charge in [-0.3, -0.25) is 0 Å². The maximum Gasteiger partial charge on any atom is 0.231 e. The number of aryl methyl sites for hydroxylation is 1. The Hall–Kier alpha value is -3.43. The molecule has 0 unspecified atom stereocenters. The Balaban J connectivity index is 1.62. The molecule has 0 aliphatic heterocycles. The zero-order valence-corrected chi connectivity index (χ0v) is 20.2. The first kappa shape index (κ1) is 23.7. The van der Waals surface area contributed by atoms with Crippen molar-refractivity contribution in [3.8, 4) is 22.5 Å². The van der Waals surface area contributed by atoms with E-state index in [4.69, 9.17) is 19.6 Å². The number of unbranched alkanes of at least 4 members (excludes halogenated alkanes) is 1. The maximum absolute atomic E-state index is 5.67. The quantitative estimate of drug-likeness (QED) is 0.331. The van der Waals surface area contributed by atoms with E-state index in [1.54, 1.807) is 14.2 Å². The number of aromatic nitrogens is 7. The number of benzene rings is 2. The highest BCUT2D eigenvalue weighted by molar-refractivity contribution is 5.80. The van der Waals surface area contributed by atoms with Crippen molar-refractivity contribution in [2.45, 2.75) is 51.9 Å². The Morgan fingerprint density at radius 2 is 1.71 bits per heavy atom. The Morgan fingerprint density at radius 1 is 0.971 bits per heavy atom. The maximum atomic E-state index is 5.67. The van der Waals surface area contributed by atoms with Crippen LogP contribution in [0.2, 0.25) is 0 Å². The molecule has 0 aliphatic rings. The fourth-order valence-corrected chi connectivity index (χ4v) is 4.07. The van der Waals surface area contributed by atoms with Crippen molar-refractivity contribution in [2.75, 3.05) is 14.2 Å². The van der Waals surface area contributed by atoms with Crippen LogP contribution in [0.1, 0.15) is 50.3 Å². The molecule has 0 aliphatic carbocycles. The van der Waals surface area contributed by atoms with E-state index in [-0.39, 0.29) is 0 Å². The molecule has 178 valence electrons. The van der Waals surface area contributed by atoms with E-state index in [0.29, 0.717) is 24.5 Å². The standard InChI is InChI=1S/C25H31N7O2/c1-5-7-16-32-22(26-24(29-32)25(6-2,33-3)34-4)17-18-12-14-19(15-13-18)20-10-8-9-11-21(20)23-27-30-31-28-23/h8-15H,5-7,16-17H2,1-4H3,(H,27,28,30,31). The Bertz CT molecular complexity index is 1170. The van der Waals surface area contributed by atoms with Crippen molar-refractivity contribution in [3.63, 3.8) is 0 Å². The second-order valence-corrected chi connectivity index (χ2v) is 8.11. The van der Waals surface area contributed by atoms with Crippen LogP contribution in [0, 0.1) is 0 Å². The number of aromatic amines is 1. The molecular weight excluding hydrogens is 430 g/mol. The van der Waals surface area contributed by atoms with Crippen LogP contribution in [0.5, 0.6) is 0 Å². The summed E-state index contributed by atoms with van der Waals surface area (Å²) in [5, 5.41) is 19.1. The Morgan fingerprint density at radius 3 is 2.32 bits per heavy atom. The first-order valence-electron chi connectivity index (χ1n) is 11.6. The van der Waals surface area contributed by atoms with Gasteiger partial charge in [-0.1, -0.05) is 68.8 Å². The highest BCUT2D eigenvalue weighted by atomic mass is 16.7. The second-order valence-electron chi connectivity index (χ2n) is 8.11. The highest BCUT2D eigenvalue weighted by Gasteiger charge is 2.35. The number of hydrogen-bond acceptors (Lipinski definition) is 7. The summed E-state index contributed by atoms with van der Waals surface area (Å²) in [7, 11) is 3.26. The van der Waals surface area contributed by atoms with Gasteiger partial charge in [-0.15, -0.1) is 5.10 Å². The fraction of sp³-hybridized carbons (Fsp3) is 0.400. The van der Waals surface area contributed by atoms with Gasteiger partial charge in [0.05, 0.1) is 0 Å². The topological polar surface area (TPSA) is 104 Å². The predicted molar refractivity (Wildman–Crippen MR) is 129 cm³/mol. The number of methoxy groups -OCH3 is 2. The SMILES string of the molecule is CCCCn1nc(C(CC)(OC)OC)nc1Cc1ccc(-c2ccccc2-c2nnn[nH]2)cc1. The van der Waals surface area contributed by atoms with Crippen LogP contribution in [0.3, 0.4) is 0 Å². The summed E-state index contributed by atoms with van der Waals surface area (Å²) in [4.78, 5) is 4.85. The average Bonchev–Trinajstić information content (AvgIpc) is 3.56. The van der Waals surface area contributed by atoms with Crippen LogP contribution < -0.4 is 0 Å². The van der Waals surface area contributed by atoms with Gasteiger partial charge < -0.3 is 9.47 Å². The first-order valence-corrected chi connectivity index (χ1v) is 11.6. The molecule has 0 atom stereocenters. The number of tetrazole rings is 1. The van der Waals surface area contributed by atoms with E-state index >= 15 is 0 Å². The molecule has 9 heteroatoms. The fourth-order valence-electron chi connectivity index (χ4n) is 4.07. The van der Waals surface area contributed by atoms with Crippen molar-refractivity contribution in [2.24, 2.45) is 0 Å². The van der Waals surface area contributed by atoms with Gasteiger partial charge in [-0.25, -0.2) is 14.8 Å². The molecule has 0 amide bonds. The number of hydrogen-bond donors (Lipinski definition) is 1. The van der Waals surface area contributed by atoms with Gasteiger partial charge in [0.25, 0.3) is 0 Å². The van der Waals surface area contributed by atoms with Crippen LogP contribution in [-0.4, -0.2) is 49.6 Å². The first-order chi connectivity index (χ1) is 16.6. The van der Waals surface area contributed by atoms with Gasteiger partial charge in [0.15, 0.2) is 5.82 Å². The third kappa shape index (κ3) is 4.76. The van der Waals surface area contributed by atoms with E-state index in [2.05, 4.69) is 57.9 Å². The van der Waals surface area contributed by atoms with Crippen LogP contribution in [0.4, 0.5) is 0 Å². The monoisotopic (exact) mass is 461 g/mol. The van der Waals surface area contributed by atoms with Crippen LogP contribution in [0.25, 0.3) is 22.5 Å². The molecule has 0 spiro atoms. The van der Waals surface area contributed by atoms with Gasteiger partial charge in [-0.05, 0) is 33.5 Å². The summed E-state index contributed by atoms with van der Waals surface area (Å²) in [6.07, 6.45) is 3.39. The zero-order chi connectivity index (χ0) is 24.0. The summed E-state index contributed by atoms with van der Waals surface area (Å²) in [5.41, 5.74) is 4.26. The lowest BCUT2D eigenvalue weighted by Gasteiger charge is -2.26. The lowest BCUT2D eigenvalue weighted by Crippen LogP contribution is -2.31. The van der Waals surface area contributed by atoms with Crippen LogP contribution in [-0.2, 0) is 28.2 Å². The third-order valence-corrected chi connectivity index (χ3v) is 6.09. The summed E-state index contributed by atoms with van der Waals surface area (Å²) in [6, 6.07) is 16.6. The third-order valence-electron chi connectivity index (χ3n) is 6.09. The summed E-state index contributed by atoms with van der Waals surface area (Å²) < 4.78 is 13.3. The van der Waals surface area contributed by atoms with E-state index in [1.165, 1.54) is 0 Å². The van der Waals surface area contributed by atoms with E-state index in [0.717, 1.165) is 47.5 Å². The molecule has 2 heterocycles. The van der Waals surface area contributed by atoms with Gasteiger partial charge in [0.1, 0.15) is 5.82 Å². The van der Waals surface area contributed by atoms with Crippen LogP contribution in [0.15, 0.2) is 48.5 Å². The van der Waals surface area contributed by atoms with Crippen molar-refractivity contribution in [1.82, 2.24) is 35.4 Å².